The minimum atomic E-state index is -0.483. The Balaban J connectivity index is 1.58. The van der Waals surface area contributed by atoms with Gasteiger partial charge in [0.1, 0.15) is 12.4 Å². The van der Waals surface area contributed by atoms with Gasteiger partial charge in [0.25, 0.3) is 0 Å². The lowest BCUT2D eigenvalue weighted by Crippen LogP contribution is -2.05. The highest BCUT2D eigenvalue weighted by molar-refractivity contribution is 6.30. The summed E-state index contributed by atoms with van der Waals surface area (Å²) in [6, 6.07) is 24.3. The predicted octanol–water partition coefficient (Wildman–Crippen LogP) is 5.26. The molecule has 0 bridgehead atoms. The second kappa shape index (κ2) is 8.11. The van der Waals surface area contributed by atoms with Gasteiger partial charge in [-0.1, -0.05) is 60.1 Å². The van der Waals surface area contributed by atoms with Crippen LogP contribution < -0.4 is 4.74 Å². The smallest absolute Gasteiger partial charge is 0.363 e. The van der Waals surface area contributed by atoms with E-state index in [-0.39, 0.29) is 5.70 Å². The summed E-state index contributed by atoms with van der Waals surface area (Å²) in [4.78, 5) is 16.6. The van der Waals surface area contributed by atoms with Crippen LogP contribution >= 0.6 is 11.6 Å². The second-order valence-electron chi connectivity index (χ2n) is 6.16. The first-order valence-corrected chi connectivity index (χ1v) is 9.11. The molecule has 0 aromatic heterocycles. The van der Waals surface area contributed by atoms with Gasteiger partial charge in [0.05, 0.1) is 0 Å². The van der Waals surface area contributed by atoms with Gasteiger partial charge in [0, 0.05) is 16.1 Å². The van der Waals surface area contributed by atoms with Gasteiger partial charge in [0.15, 0.2) is 5.70 Å². The molecule has 0 aliphatic carbocycles. The van der Waals surface area contributed by atoms with E-state index in [0.29, 0.717) is 23.3 Å². The molecule has 0 spiro atoms. The first-order chi connectivity index (χ1) is 13.7. The maximum absolute atomic E-state index is 12.2. The molecule has 0 N–H and O–H groups in total. The van der Waals surface area contributed by atoms with Gasteiger partial charge in [-0.3, -0.25) is 0 Å². The third-order valence-corrected chi connectivity index (χ3v) is 4.37. The van der Waals surface area contributed by atoms with E-state index in [1.165, 1.54) is 0 Å². The van der Waals surface area contributed by atoms with E-state index in [1.807, 2.05) is 78.9 Å². The first kappa shape index (κ1) is 18.0. The van der Waals surface area contributed by atoms with Crippen LogP contribution in [-0.2, 0) is 16.1 Å². The fourth-order valence-electron chi connectivity index (χ4n) is 2.78. The molecule has 0 saturated heterocycles. The Morgan fingerprint density at radius 1 is 0.964 bits per heavy atom. The maximum atomic E-state index is 12.2. The fourth-order valence-corrected chi connectivity index (χ4v) is 2.99. The number of aliphatic imine (C=N–C) groups is 1. The lowest BCUT2D eigenvalue weighted by molar-refractivity contribution is -0.129. The summed E-state index contributed by atoms with van der Waals surface area (Å²) in [5.74, 6) is 0.462. The van der Waals surface area contributed by atoms with Crippen molar-refractivity contribution in [3.8, 4) is 5.75 Å². The van der Waals surface area contributed by atoms with Crippen LogP contribution in [0.2, 0.25) is 5.02 Å². The summed E-state index contributed by atoms with van der Waals surface area (Å²) >= 11 is 6.02. The van der Waals surface area contributed by atoms with Gasteiger partial charge in [-0.15, -0.1) is 0 Å². The molecule has 0 fully saturated rings. The van der Waals surface area contributed by atoms with Crippen molar-refractivity contribution in [3.63, 3.8) is 0 Å². The third kappa shape index (κ3) is 4.13. The normalized spacial score (nSPS) is 14.7. The zero-order valence-corrected chi connectivity index (χ0v) is 15.6. The van der Waals surface area contributed by atoms with Crippen molar-refractivity contribution >= 4 is 29.5 Å². The summed E-state index contributed by atoms with van der Waals surface area (Å²) in [5, 5.41) is 0.660. The van der Waals surface area contributed by atoms with Gasteiger partial charge in [-0.05, 0) is 42.0 Å². The summed E-state index contributed by atoms with van der Waals surface area (Å²) in [6.45, 7) is 0.365. The number of cyclic esters (lactones) is 1. The highest BCUT2D eigenvalue weighted by Crippen LogP contribution is 2.25. The molecule has 0 saturated carbocycles. The van der Waals surface area contributed by atoms with Crippen LogP contribution in [0.5, 0.6) is 5.75 Å². The van der Waals surface area contributed by atoms with E-state index in [1.54, 1.807) is 6.08 Å². The molecule has 0 amide bonds. The van der Waals surface area contributed by atoms with Crippen molar-refractivity contribution in [2.75, 3.05) is 0 Å². The Hall–Kier alpha value is -3.37. The molecular weight excluding hydrogens is 374 g/mol. The maximum Gasteiger partial charge on any atom is 0.363 e. The van der Waals surface area contributed by atoms with Crippen LogP contribution in [0.1, 0.15) is 16.7 Å². The van der Waals surface area contributed by atoms with Crippen LogP contribution in [0.4, 0.5) is 0 Å². The largest absolute Gasteiger partial charge is 0.488 e. The number of rotatable bonds is 5. The molecule has 3 aromatic rings. The number of hydrogen-bond acceptors (Lipinski definition) is 4. The molecule has 0 atom stereocenters. The zero-order chi connectivity index (χ0) is 19.3. The summed E-state index contributed by atoms with van der Waals surface area (Å²) in [5.41, 5.74) is 2.69. The van der Waals surface area contributed by atoms with Crippen molar-refractivity contribution in [1.82, 2.24) is 0 Å². The molecule has 3 aromatic carbocycles. The standard InChI is InChI=1S/C23H16ClNO3/c24-19-11-6-7-16(13-19)15-27-21-12-5-4-10-18(21)14-20-23(26)28-22(25-20)17-8-2-1-3-9-17/h1-14H,15H2/b20-14-. The van der Waals surface area contributed by atoms with E-state index in [0.717, 1.165) is 16.7 Å². The molecule has 1 aliphatic rings. The number of esters is 1. The number of carbonyl (C=O) groups excluding carboxylic acids is 1. The van der Waals surface area contributed by atoms with Gasteiger partial charge in [-0.25, -0.2) is 9.79 Å². The molecular formula is C23H16ClNO3. The number of ether oxygens (including phenoxy) is 2. The van der Waals surface area contributed by atoms with Crippen molar-refractivity contribution < 1.29 is 14.3 Å². The van der Waals surface area contributed by atoms with E-state index in [2.05, 4.69) is 4.99 Å². The molecule has 4 nitrogen and oxygen atoms in total. The Labute approximate surface area is 167 Å². The van der Waals surface area contributed by atoms with Crippen LogP contribution in [-0.4, -0.2) is 11.9 Å². The number of nitrogens with zero attached hydrogens (tertiary/aromatic N) is 1. The topological polar surface area (TPSA) is 47.9 Å². The average Bonchev–Trinajstić information content (AvgIpc) is 3.08. The monoisotopic (exact) mass is 389 g/mol. The highest BCUT2D eigenvalue weighted by Gasteiger charge is 2.24. The van der Waals surface area contributed by atoms with E-state index < -0.39 is 5.97 Å². The molecule has 0 radical (unpaired) electrons. The van der Waals surface area contributed by atoms with Crippen LogP contribution in [0.15, 0.2) is 89.6 Å². The van der Waals surface area contributed by atoms with Crippen molar-refractivity contribution in [1.29, 1.82) is 0 Å². The van der Waals surface area contributed by atoms with Gasteiger partial charge >= 0.3 is 5.97 Å². The second-order valence-corrected chi connectivity index (χ2v) is 6.59. The Morgan fingerprint density at radius 3 is 2.57 bits per heavy atom. The zero-order valence-electron chi connectivity index (χ0n) is 14.8. The van der Waals surface area contributed by atoms with Crippen molar-refractivity contribution in [2.24, 2.45) is 4.99 Å². The first-order valence-electron chi connectivity index (χ1n) is 8.73. The van der Waals surface area contributed by atoms with Crippen LogP contribution in [0, 0.1) is 0 Å². The number of halogens is 1. The molecule has 1 heterocycles. The molecule has 28 heavy (non-hydrogen) atoms. The Bertz CT molecular complexity index is 1070. The van der Waals surface area contributed by atoms with E-state index >= 15 is 0 Å². The minimum Gasteiger partial charge on any atom is -0.488 e. The summed E-state index contributed by atoms with van der Waals surface area (Å²) in [6.07, 6.45) is 1.67. The highest BCUT2D eigenvalue weighted by atomic mass is 35.5. The summed E-state index contributed by atoms with van der Waals surface area (Å²) in [7, 11) is 0. The van der Waals surface area contributed by atoms with Crippen molar-refractivity contribution in [3.05, 3.63) is 106 Å². The van der Waals surface area contributed by atoms with Crippen LogP contribution in [0.3, 0.4) is 0 Å². The number of hydrogen-bond donors (Lipinski definition) is 0. The lowest BCUT2D eigenvalue weighted by atomic mass is 10.1. The quantitative estimate of drug-likeness (QED) is 0.441. The summed E-state index contributed by atoms with van der Waals surface area (Å²) < 4.78 is 11.2. The molecule has 0 unspecified atom stereocenters. The van der Waals surface area contributed by atoms with Crippen LogP contribution in [0.25, 0.3) is 6.08 Å². The molecule has 5 heteroatoms. The number of carbonyl (C=O) groups is 1. The molecule has 4 rings (SSSR count). The fraction of sp³-hybridized carbons (Fsp3) is 0.0435. The van der Waals surface area contributed by atoms with Gasteiger partial charge < -0.3 is 9.47 Å². The lowest BCUT2D eigenvalue weighted by Gasteiger charge is -2.09. The molecule has 1 aliphatic heterocycles. The Morgan fingerprint density at radius 2 is 1.75 bits per heavy atom. The van der Waals surface area contributed by atoms with Gasteiger partial charge in [-0.2, -0.15) is 0 Å². The third-order valence-electron chi connectivity index (χ3n) is 4.14. The van der Waals surface area contributed by atoms with Crippen molar-refractivity contribution in [2.45, 2.75) is 6.61 Å². The van der Waals surface area contributed by atoms with E-state index in [4.69, 9.17) is 21.1 Å². The SMILES string of the molecule is O=C1OC(c2ccccc2)=N/C1=C\c1ccccc1OCc1cccc(Cl)c1. The predicted molar refractivity (Wildman–Crippen MR) is 109 cm³/mol. The Kier molecular flexibility index (Phi) is 5.22. The number of benzene rings is 3. The van der Waals surface area contributed by atoms with Gasteiger partial charge in [0.2, 0.25) is 5.90 Å². The average molecular weight is 390 g/mol. The molecule has 138 valence electrons. The van der Waals surface area contributed by atoms with E-state index in [9.17, 15) is 4.79 Å². The number of para-hydroxylation sites is 1. The minimum absolute atomic E-state index is 0.234.